The summed E-state index contributed by atoms with van der Waals surface area (Å²) in [5, 5.41) is 0. The molecule has 168 valence electrons. The van der Waals surface area contributed by atoms with Gasteiger partial charge in [-0.05, 0) is 38.5 Å². The van der Waals surface area contributed by atoms with E-state index in [0.717, 1.165) is 38.5 Å². The summed E-state index contributed by atoms with van der Waals surface area (Å²) in [5.74, 6) is -0.285. The minimum atomic E-state index is -0.143. The fraction of sp³-hybridized carbons (Fsp3) is 0.760. The molecule has 0 aliphatic rings. The zero-order valence-corrected chi connectivity index (χ0v) is 18.6. The highest BCUT2D eigenvalue weighted by molar-refractivity contribution is 5.69. The van der Waals surface area contributed by atoms with Gasteiger partial charge in [0, 0.05) is 19.3 Å². The van der Waals surface area contributed by atoms with Gasteiger partial charge in [-0.15, -0.1) is 13.2 Å². The van der Waals surface area contributed by atoms with Crippen LogP contribution in [0.1, 0.15) is 109 Å². The number of ether oxygens (including phenoxy) is 2. The highest BCUT2D eigenvalue weighted by Crippen LogP contribution is 2.10. The molecule has 0 aromatic heterocycles. The van der Waals surface area contributed by atoms with Crippen LogP contribution in [0.4, 0.5) is 0 Å². The number of carbonyl (C=O) groups is 2. The van der Waals surface area contributed by atoms with E-state index in [0.29, 0.717) is 32.5 Å². The molecule has 0 rings (SSSR count). The molecule has 0 unspecified atom stereocenters. The molecule has 4 heteroatoms. The normalized spacial score (nSPS) is 10.5. The van der Waals surface area contributed by atoms with Gasteiger partial charge < -0.3 is 9.47 Å². The van der Waals surface area contributed by atoms with Crippen LogP contribution in [-0.2, 0) is 19.1 Å². The van der Waals surface area contributed by atoms with Gasteiger partial charge in [-0.2, -0.15) is 0 Å². The van der Waals surface area contributed by atoms with Crippen LogP contribution in [0.3, 0.4) is 0 Å². The van der Waals surface area contributed by atoms with Gasteiger partial charge in [0.1, 0.15) is 0 Å². The first-order valence-corrected chi connectivity index (χ1v) is 11.7. The van der Waals surface area contributed by atoms with Gasteiger partial charge >= 0.3 is 11.9 Å². The first-order valence-electron chi connectivity index (χ1n) is 11.7. The lowest BCUT2D eigenvalue weighted by molar-refractivity contribution is -0.146. The third kappa shape index (κ3) is 22.6. The van der Waals surface area contributed by atoms with E-state index in [1.807, 2.05) is 12.2 Å². The Morgan fingerprint density at radius 2 is 0.862 bits per heavy atom. The highest BCUT2D eigenvalue weighted by atomic mass is 16.5. The molecule has 0 amide bonds. The van der Waals surface area contributed by atoms with E-state index in [-0.39, 0.29) is 11.9 Å². The summed E-state index contributed by atoms with van der Waals surface area (Å²) in [5.41, 5.74) is 0. The Morgan fingerprint density at radius 1 is 0.517 bits per heavy atom. The molecule has 0 saturated heterocycles. The molecule has 0 N–H and O–H groups in total. The van der Waals surface area contributed by atoms with Crippen molar-refractivity contribution in [1.29, 1.82) is 0 Å². The number of hydrogen-bond acceptors (Lipinski definition) is 4. The first kappa shape index (κ1) is 27.4. The van der Waals surface area contributed by atoms with E-state index in [2.05, 4.69) is 13.2 Å². The Kier molecular flexibility index (Phi) is 21.5. The average molecular weight is 409 g/mol. The molecule has 0 radical (unpaired) electrons. The second kappa shape index (κ2) is 22.7. The van der Waals surface area contributed by atoms with E-state index in [4.69, 9.17) is 9.47 Å². The van der Waals surface area contributed by atoms with Crippen molar-refractivity contribution in [3.8, 4) is 0 Å². The molecular formula is C25H44O4. The molecule has 0 aromatic carbocycles. The van der Waals surface area contributed by atoms with Crippen molar-refractivity contribution >= 4 is 11.9 Å². The van der Waals surface area contributed by atoms with Crippen LogP contribution in [0, 0.1) is 0 Å². The van der Waals surface area contributed by atoms with E-state index in [9.17, 15) is 9.59 Å². The first-order chi connectivity index (χ1) is 14.2. The molecule has 0 saturated carbocycles. The SMILES string of the molecule is C=CCCCCCCCCC(=O)OCCCOC(=O)CCCCCCCCC=C. The monoisotopic (exact) mass is 408 g/mol. The van der Waals surface area contributed by atoms with Gasteiger partial charge in [0.25, 0.3) is 0 Å². The van der Waals surface area contributed by atoms with Crippen LogP contribution < -0.4 is 0 Å². The highest BCUT2D eigenvalue weighted by Gasteiger charge is 2.05. The summed E-state index contributed by atoms with van der Waals surface area (Å²) >= 11 is 0. The number of rotatable bonds is 22. The van der Waals surface area contributed by atoms with Crippen molar-refractivity contribution in [2.75, 3.05) is 13.2 Å². The summed E-state index contributed by atoms with van der Waals surface area (Å²) in [4.78, 5) is 23.3. The molecule has 0 aliphatic heterocycles. The number of unbranched alkanes of at least 4 members (excludes halogenated alkanes) is 12. The van der Waals surface area contributed by atoms with Crippen molar-refractivity contribution in [2.45, 2.75) is 109 Å². The molecule has 0 spiro atoms. The van der Waals surface area contributed by atoms with Crippen molar-refractivity contribution in [2.24, 2.45) is 0 Å². The van der Waals surface area contributed by atoms with Crippen LogP contribution in [0.25, 0.3) is 0 Å². The van der Waals surface area contributed by atoms with Gasteiger partial charge in [-0.25, -0.2) is 0 Å². The Hall–Kier alpha value is -1.58. The lowest BCUT2D eigenvalue weighted by Crippen LogP contribution is -2.10. The van der Waals surface area contributed by atoms with Crippen LogP contribution >= 0.6 is 0 Å². The quantitative estimate of drug-likeness (QED) is 0.109. The Bertz CT molecular complexity index is 379. The summed E-state index contributed by atoms with van der Waals surface area (Å²) in [6, 6.07) is 0. The van der Waals surface area contributed by atoms with Crippen LogP contribution in [0.15, 0.2) is 25.3 Å². The fourth-order valence-electron chi connectivity index (χ4n) is 3.11. The minimum absolute atomic E-state index is 0.143. The number of esters is 2. The van der Waals surface area contributed by atoms with E-state index in [1.165, 1.54) is 51.4 Å². The maximum atomic E-state index is 11.7. The number of allylic oxidation sites excluding steroid dienone is 2. The molecular weight excluding hydrogens is 364 g/mol. The van der Waals surface area contributed by atoms with Crippen molar-refractivity contribution < 1.29 is 19.1 Å². The van der Waals surface area contributed by atoms with Gasteiger partial charge in [0.2, 0.25) is 0 Å². The largest absolute Gasteiger partial charge is 0.466 e. The summed E-state index contributed by atoms with van der Waals surface area (Å²) < 4.78 is 10.4. The topological polar surface area (TPSA) is 52.6 Å². The number of carbonyl (C=O) groups excluding carboxylic acids is 2. The third-order valence-corrected chi connectivity index (χ3v) is 4.89. The zero-order chi connectivity index (χ0) is 21.4. The smallest absolute Gasteiger partial charge is 0.305 e. The Labute approximate surface area is 179 Å². The summed E-state index contributed by atoms with van der Waals surface area (Å²) in [7, 11) is 0. The van der Waals surface area contributed by atoms with Gasteiger partial charge in [-0.1, -0.05) is 63.5 Å². The van der Waals surface area contributed by atoms with Crippen LogP contribution in [-0.4, -0.2) is 25.2 Å². The van der Waals surface area contributed by atoms with Crippen LogP contribution in [0.2, 0.25) is 0 Å². The number of hydrogen-bond donors (Lipinski definition) is 0. The molecule has 0 aliphatic carbocycles. The molecule has 4 nitrogen and oxygen atoms in total. The lowest BCUT2D eigenvalue weighted by atomic mass is 10.1. The van der Waals surface area contributed by atoms with E-state index >= 15 is 0 Å². The van der Waals surface area contributed by atoms with Crippen molar-refractivity contribution in [3.63, 3.8) is 0 Å². The zero-order valence-electron chi connectivity index (χ0n) is 18.6. The molecule has 0 aromatic rings. The molecule has 0 bridgehead atoms. The molecule has 0 atom stereocenters. The summed E-state index contributed by atoms with van der Waals surface area (Å²) in [6.07, 6.45) is 21.3. The maximum Gasteiger partial charge on any atom is 0.305 e. The van der Waals surface area contributed by atoms with Crippen molar-refractivity contribution in [1.82, 2.24) is 0 Å². The van der Waals surface area contributed by atoms with E-state index in [1.54, 1.807) is 0 Å². The second-order valence-electron chi connectivity index (χ2n) is 7.69. The molecule has 0 heterocycles. The molecule has 29 heavy (non-hydrogen) atoms. The predicted octanol–water partition coefficient (Wildman–Crippen LogP) is 7.08. The standard InChI is InChI=1S/C25H44O4/c1-3-5-7-9-11-13-15-17-20-24(26)28-22-19-23-29-25(27)21-18-16-14-12-10-8-6-4-2/h3-4H,1-2,5-23H2. The Balaban J connectivity index is 3.30. The lowest BCUT2D eigenvalue weighted by Gasteiger charge is -2.07. The maximum absolute atomic E-state index is 11.7. The van der Waals surface area contributed by atoms with Gasteiger partial charge in [0.05, 0.1) is 13.2 Å². The van der Waals surface area contributed by atoms with Crippen molar-refractivity contribution in [3.05, 3.63) is 25.3 Å². The minimum Gasteiger partial charge on any atom is -0.466 e. The predicted molar refractivity (Wildman–Crippen MR) is 121 cm³/mol. The van der Waals surface area contributed by atoms with Crippen LogP contribution in [0.5, 0.6) is 0 Å². The van der Waals surface area contributed by atoms with Gasteiger partial charge in [-0.3, -0.25) is 9.59 Å². The van der Waals surface area contributed by atoms with E-state index < -0.39 is 0 Å². The molecule has 0 fully saturated rings. The Morgan fingerprint density at radius 3 is 1.24 bits per heavy atom. The second-order valence-corrected chi connectivity index (χ2v) is 7.69. The fourth-order valence-corrected chi connectivity index (χ4v) is 3.11. The average Bonchev–Trinajstić information content (AvgIpc) is 2.71. The summed E-state index contributed by atoms with van der Waals surface area (Å²) in [6.45, 7) is 8.11. The third-order valence-electron chi connectivity index (χ3n) is 4.89. The van der Waals surface area contributed by atoms with Gasteiger partial charge in [0.15, 0.2) is 0 Å².